The van der Waals surface area contributed by atoms with Crippen molar-refractivity contribution in [2.45, 2.75) is 45.7 Å². The molecule has 3 heteroatoms. The zero-order chi connectivity index (χ0) is 12.0. The van der Waals surface area contributed by atoms with Crippen LogP contribution in [0, 0.1) is 5.92 Å². The molecule has 0 amide bonds. The van der Waals surface area contributed by atoms with Crippen molar-refractivity contribution in [1.82, 2.24) is 10.2 Å². The van der Waals surface area contributed by atoms with E-state index in [9.17, 15) is 0 Å². The normalized spacial score (nSPS) is 24.9. The average molecular weight is 228 g/mol. The summed E-state index contributed by atoms with van der Waals surface area (Å²) in [6.45, 7) is 11.3. The van der Waals surface area contributed by atoms with Gasteiger partial charge in [-0.2, -0.15) is 0 Å². The van der Waals surface area contributed by atoms with Crippen molar-refractivity contribution in [2.75, 3.05) is 33.4 Å². The van der Waals surface area contributed by atoms with Crippen molar-refractivity contribution in [3.05, 3.63) is 0 Å². The van der Waals surface area contributed by atoms with E-state index < -0.39 is 0 Å². The summed E-state index contributed by atoms with van der Waals surface area (Å²) in [5.74, 6) is 0.784. The number of ether oxygens (including phenoxy) is 1. The standard InChI is InChI=1S/C13H28N2O/c1-11(2)9-13-10-15(7-6-14-13)12(3)5-8-16-4/h11-14H,5-10H2,1-4H3. The van der Waals surface area contributed by atoms with E-state index in [-0.39, 0.29) is 0 Å². The number of nitrogens with zero attached hydrogens (tertiary/aromatic N) is 1. The van der Waals surface area contributed by atoms with Gasteiger partial charge in [-0.15, -0.1) is 0 Å². The van der Waals surface area contributed by atoms with Gasteiger partial charge in [-0.1, -0.05) is 13.8 Å². The quantitative estimate of drug-likeness (QED) is 0.749. The van der Waals surface area contributed by atoms with Crippen LogP contribution in [0.5, 0.6) is 0 Å². The van der Waals surface area contributed by atoms with Gasteiger partial charge in [0.25, 0.3) is 0 Å². The largest absolute Gasteiger partial charge is 0.385 e. The molecule has 2 unspecified atom stereocenters. The highest BCUT2D eigenvalue weighted by Crippen LogP contribution is 2.13. The molecule has 0 radical (unpaired) electrons. The van der Waals surface area contributed by atoms with Crippen molar-refractivity contribution >= 4 is 0 Å². The molecule has 0 aromatic rings. The molecule has 1 aliphatic rings. The maximum absolute atomic E-state index is 5.15. The predicted molar refractivity (Wildman–Crippen MR) is 68.8 cm³/mol. The monoisotopic (exact) mass is 228 g/mol. The second-order valence-electron chi connectivity index (χ2n) is 5.41. The molecule has 1 aliphatic heterocycles. The highest BCUT2D eigenvalue weighted by Gasteiger charge is 2.23. The zero-order valence-electron chi connectivity index (χ0n) is 11.3. The van der Waals surface area contributed by atoms with Crippen LogP contribution in [-0.4, -0.2) is 50.3 Å². The molecule has 0 spiro atoms. The summed E-state index contributed by atoms with van der Waals surface area (Å²) >= 11 is 0. The molecular weight excluding hydrogens is 200 g/mol. The molecule has 3 nitrogen and oxygen atoms in total. The van der Waals surface area contributed by atoms with Gasteiger partial charge < -0.3 is 10.1 Å². The van der Waals surface area contributed by atoms with Gasteiger partial charge in [-0.3, -0.25) is 4.90 Å². The first-order valence-corrected chi connectivity index (χ1v) is 6.59. The van der Waals surface area contributed by atoms with Gasteiger partial charge in [0.2, 0.25) is 0 Å². The maximum Gasteiger partial charge on any atom is 0.0477 e. The molecule has 16 heavy (non-hydrogen) atoms. The Morgan fingerprint density at radius 2 is 2.12 bits per heavy atom. The van der Waals surface area contributed by atoms with Crippen LogP contribution in [0.25, 0.3) is 0 Å². The van der Waals surface area contributed by atoms with E-state index in [1.54, 1.807) is 7.11 Å². The fourth-order valence-corrected chi connectivity index (χ4v) is 2.45. The molecule has 0 saturated carbocycles. The predicted octanol–water partition coefficient (Wildman–Crippen LogP) is 1.73. The molecule has 0 aromatic carbocycles. The first kappa shape index (κ1) is 13.9. The highest BCUT2D eigenvalue weighted by molar-refractivity contribution is 4.82. The molecule has 1 fully saturated rings. The van der Waals surface area contributed by atoms with Crippen molar-refractivity contribution in [3.63, 3.8) is 0 Å². The topological polar surface area (TPSA) is 24.5 Å². The molecule has 1 saturated heterocycles. The molecule has 0 aliphatic carbocycles. The second kappa shape index (κ2) is 7.25. The minimum Gasteiger partial charge on any atom is -0.385 e. The first-order valence-electron chi connectivity index (χ1n) is 6.59. The van der Waals surface area contributed by atoms with E-state index in [1.807, 2.05) is 0 Å². The average Bonchev–Trinajstić information content (AvgIpc) is 2.25. The Hall–Kier alpha value is -0.120. The summed E-state index contributed by atoms with van der Waals surface area (Å²) in [6, 6.07) is 1.33. The lowest BCUT2D eigenvalue weighted by Crippen LogP contribution is -2.53. The minimum absolute atomic E-state index is 0.650. The molecule has 96 valence electrons. The summed E-state index contributed by atoms with van der Waals surface area (Å²) in [7, 11) is 1.78. The van der Waals surface area contributed by atoms with Crippen LogP contribution < -0.4 is 5.32 Å². The number of nitrogens with one attached hydrogen (secondary N) is 1. The van der Waals surface area contributed by atoms with E-state index in [4.69, 9.17) is 4.74 Å². The maximum atomic E-state index is 5.15. The van der Waals surface area contributed by atoms with Gasteiger partial charge in [-0.25, -0.2) is 0 Å². The number of methoxy groups -OCH3 is 1. The van der Waals surface area contributed by atoms with Crippen LogP contribution >= 0.6 is 0 Å². The summed E-state index contributed by atoms with van der Waals surface area (Å²) < 4.78 is 5.15. The summed E-state index contributed by atoms with van der Waals surface area (Å²) in [4.78, 5) is 2.60. The van der Waals surface area contributed by atoms with Gasteiger partial charge in [0.1, 0.15) is 0 Å². The van der Waals surface area contributed by atoms with Crippen molar-refractivity contribution in [2.24, 2.45) is 5.92 Å². The fourth-order valence-electron chi connectivity index (χ4n) is 2.45. The van der Waals surface area contributed by atoms with Crippen LogP contribution in [-0.2, 0) is 4.74 Å². The molecule has 2 atom stereocenters. The minimum atomic E-state index is 0.650. The van der Waals surface area contributed by atoms with Gasteiger partial charge >= 0.3 is 0 Å². The molecular formula is C13H28N2O. The first-order chi connectivity index (χ1) is 7.63. The van der Waals surface area contributed by atoms with Crippen molar-refractivity contribution < 1.29 is 4.74 Å². The SMILES string of the molecule is COCCC(C)N1CCNC(CC(C)C)C1. The lowest BCUT2D eigenvalue weighted by molar-refractivity contribution is 0.108. The Bertz CT molecular complexity index is 185. The Balaban J connectivity index is 2.31. The summed E-state index contributed by atoms with van der Waals surface area (Å²) in [5.41, 5.74) is 0. The summed E-state index contributed by atoms with van der Waals surface area (Å²) in [6.07, 6.45) is 2.43. The van der Waals surface area contributed by atoms with E-state index in [0.717, 1.165) is 25.5 Å². The number of piperazine rings is 1. The Morgan fingerprint density at radius 3 is 2.75 bits per heavy atom. The number of hydrogen-bond acceptors (Lipinski definition) is 3. The lowest BCUT2D eigenvalue weighted by atomic mass is 10.0. The van der Waals surface area contributed by atoms with Crippen LogP contribution in [0.1, 0.15) is 33.6 Å². The molecule has 0 aromatic heterocycles. The van der Waals surface area contributed by atoms with Crippen LogP contribution in [0.15, 0.2) is 0 Å². The van der Waals surface area contributed by atoms with Crippen LogP contribution in [0.4, 0.5) is 0 Å². The van der Waals surface area contributed by atoms with Crippen molar-refractivity contribution in [3.8, 4) is 0 Å². The highest BCUT2D eigenvalue weighted by atomic mass is 16.5. The lowest BCUT2D eigenvalue weighted by Gasteiger charge is -2.38. The third kappa shape index (κ3) is 4.81. The summed E-state index contributed by atoms with van der Waals surface area (Å²) in [5, 5.41) is 3.62. The van der Waals surface area contributed by atoms with Gasteiger partial charge in [-0.05, 0) is 25.7 Å². The fraction of sp³-hybridized carbons (Fsp3) is 1.00. The molecule has 1 N–H and O–H groups in total. The third-order valence-corrected chi connectivity index (χ3v) is 3.41. The molecule has 0 bridgehead atoms. The van der Waals surface area contributed by atoms with Gasteiger partial charge in [0.05, 0.1) is 0 Å². The van der Waals surface area contributed by atoms with E-state index in [2.05, 4.69) is 31.0 Å². The van der Waals surface area contributed by atoms with E-state index >= 15 is 0 Å². The third-order valence-electron chi connectivity index (χ3n) is 3.41. The zero-order valence-corrected chi connectivity index (χ0v) is 11.3. The van der Waals surface area contributed by atoms with Crippen LogP contribution in [0.3, 0.4) is 0 Å². The number of rotatable bonds is 6. The second-order valence-corrected chi connectivity index (χ2v) is 5.41. The van der Waals surface area contributed by atoms with Gasteiger partial charge in [0, 0.05) is 45.4 Å². The van der Waals surface area contributed by atoms with E-state index in [1.165, 1.54) is 19.5 Å². The Labute approximate surface area is 101 Å². The van der Waals surface area contributed by atoms with Crippen LogP contribution in [0.2, 0.25) is 0 Å². The smallest absolute Gasteiger partial charge is 0.0477 e. The van der Waals surface area contributed by atoms with E-state index in [0.29, 0.717) is 12.1 Å². The molecule has 1 heterocycles. The Morgan fingerprint density at radius 1 is 1.38 bits per heavy atom. The molecule has 1 rings (SSSR count). The van der Waals surface area contributed by atoms with Crippen molar-refractivity contribution in [1.29, 1.82) is 0 Å². The Kier molecular flexibility index (Phi) is 6.32. The number of hydrogen-bond donors (Lipinski definition) is 1. The van der Waals surface area contributed by atoms with Gasteiger partial charge in [0.15, 0.2) is 0 Å².